The minimum absolute atomic E-state index is 0.130. The molecule has 0 radical (unpaired) electrons. The van der Waals surface area contributed by atoms with E-state index in [9.17, 15) is 0 Å². The van der Waals surface area contributed by atoms with Crippen LogP contribution in [0.1, 0.15) is 18.7 Å². The molecule has 0 amide bonds. The van der Waals surface area contributed by atoms with E-state index in [1.165, 1.54) is 0 Å². The molecular formula is C13H10Br2N2O. The number of hydrogen-bond donors (Lipinski definition) is 0. The van der Waals surface area contributed by atoms with Gasteiger partial charge in [0.25, 0.3) is 0 Å². The molecule has 0 saturated carbocycles. The SMILES string of the molecule is C[C@H](c1cc2cc(Br)cc(Br)c2o1)n1ccnc1. The molecule has 92 valence electrons. The first-order valence-electron chi connectivity index (χ1n) is 5.51. The molecule has 1 atom stereocenters. The van der Waals surface area contributed by atoms with Crippen LogP contribution < -0.4 is 0 Å². The summed E-state index contributed by atoms with van der Waals surface area (Å²) in [4.78, 5) is 4.06. The molecule has 0 saturated heterocycles. The highest BCUT2D eigenvalue weighted by molar-refractivity contribution is 9.11. The van der Waals surface area contributed by atoms with Gasteiger partial charge in [0, 0.05) is 22.3 Å². The van der Waals surface area contributed by atoms with Gasteiger partial charge in [-0.15, -0.1) is 0 Å². The Hall–Kier alpha value is -1.07. The van der Waals surface area contributed by atoms with Gasteiger partial charge in [0.1, 0.15) is 11.3 Å². The highest BCUT2D eigenvalue weighted by atomic mass is 79.9. The van der Waals surface area contributed by atoms with Crippen LogP contribution in [0.4, 0.5) is 0 Å². The third kappa shape index (κ3) is 2.01. The normalized spacial score (nSPS) is 13.1. The number of aromatic nitrogens is 2. The number of imidazole rings is 1. The van der Waals surface area contributed by atoms with E-state index in [4.69, 9.17) is 4.42 Å². The van der Waals surface area contributed by atoms with Gasteiger partial charge in [-0.1, -0.05) is 15.9 Å². The Balaban J connectivity index is 2.11. The Morgan fingerprint density at radius 3 is 2.83 bits per heavy atom. The lowest BCUT2D eigenvalue weighted by molar-refractivity contribution is 0.470. The molecule has 2 aromatic heterocycles. The minimum Gasteiger partial charge on any atom is -0.458 e. The van der Waals surface area contributed by atoms with Gasteiger partial charge in [-0.2, -0.15) is 0 Å². The van der Waals surface area contributed by atoms with Crippen molar-refractivity contribution >= 4 is 42.8 Å². The van der Waals surface area contributed by atoms with Gasteiger partial charge in [0.2, 0.25) is 0 Å². The summed E-state index contributed by atoms with van der Waals surface area (Å²) in [6, 6.07) is 6.23. The Labute approximate surface area is 121 Å². The second-order valence-corrected chi connectivity index (χ2v) is 5.91. The monoisotopic (exact) mass is 368 g/mol. The fourth-order valence-corrected chi connectivity index (χ4v) is 3.29. The van der Waals surface area contributed by atoms with Crippen molar-refractivity contribution in [3.63, 3.8) is 0 Å². The maximum Gasteiger partial charge on any atom is 0.148 e. The predicted molar refractivity (Wildman–Crippen MR) is 77.7 cm³/mol. The van der Waals surface area contributed by atoms with E-state index < -0.39 is 0 Å². The topological polar surface area (TPSA) is 31.0 Å². The maximum absolute atomic E-state index is 5.92. The largest absolute Gasteiger partial charge is 0.458 e. The van der Waals surface area contributed by atoms with E-state index in [0.29, 0.717) is 0 Å². The van der Waals surface area contributed by atoms with E-state index in [2.05, 4.69) is 49.8 Å². The van der Waals surface area contributed by atoms with Crippen LogP contribution >= 0.6 is 31.9 Å². The summed E-state index contributed by atoms with van der Waals surface area (Å²) < 4.78 is 9.92. The minimum atomic E-state index is 0.130. The number of nitrogens with zero attached hydrogens (tertiary/aromatic N) is 2. The molecule has 18 heavy (non-hydrogen) atoms. The quantitative estimate of drug-likeness (QED) is 0.651. The van der Waals surface area contributed by atoms with Gasteiger partial charge < -0.3 is 8.98 Å². The van der Waals surface area contributed by atoms with Crippen molar-refractivity contribution < 1.29 is 4.42 Å². The summed E-state index contributed by atoms with van der Waals surface area (Å²) in [5, 5.41) is 1.08. The van der Waals surface area contributed by atoms with Crippen LogP contribution in [0.2, 0.25) is 0 Å². The maximum atomic E-state index is 5.92. The average Bonchev–Trinajstić information content (AvgIpc) is 2.96. The number of benzene rings is 1. The fraction of sp³-hybridized carbons (Fsp3) is 0.154. The van der Waals surface area contributed by atoms with Gasteiger partial charge in [-0.3, -0.25) is 0 Å². The molecule has 2 heterocycles. The van der Waals surface area contributed by atoms with E-state index in [0.717, 1.165) is 25.7 Å². The van der Waals surface area contributed by atoms with Gasteiger partial charge in [-0.25, -0.2) is 4.98 Å². The number of fused-ring (bicyclic) bond motifs is 1. The Morgan fingerprint density at radius 2 is 2.11 bits per heavy atom. The molecule has 1 aromatic carbocycles. The summed E-state index contributed by atoms with van der Waals surface area (Å²) in [5.74, 6) is 0.918. The molecule has 0 fully saturated rings. The summed E-state index contributed by atoms with van der Waals surface area (Å²) in [7, 11) is 0. The van der Waals surface area contributed by atoms with Gasteiger partial charge in [0.05, 0.1) is 16.8 Å². The van der Waals surface area contributed by atoms with E-state index in [-0.39, 0.29) is 6.04 Å². The van der Waals surface area contributed by atoms with Gasteiger partial charge in [0.15, 0.2) is 0 Å². The van der Waals surface area contributed by atoms with Crippen LogP contribution in [0, 0.1) is 0 Å². The van der Waals surface area contributed by atoms with Crippen LogP contribution in [0.3, 0.4) is 0 Å². The lowest BCUT2D eigenvalue weighted by atomic mass is 10.2. The molecule has 0 aliphatic carbocycles. The molecule has 0 aliphatic heterocycles. The standard InChI is InChI=1S/C13H10Br2N2O/c1-8(17-3-2-16-7-17)12-5-9-4-10(14)6-11(15)13(9)18-12/h2-8H,1H3/t8-/m1/s1. The molecule has 0 spiro atoms. The molecule has 0 unspecified atom stereocenters. The van der Waals surface area contributed by atoms with Crippen molar-refractivity contribution in [2.24, 2.45) is 0 Å². The van der Waals surface area contributed by atoms with Crippen molar-refractivity contribution in [3.8, 4) is 0 Å². The van der Waals surface area contributed by atoms with Crippen LogP contribution in [0.5, 0.6) is 0 Å². The zero-order valence-corrected chi connectivity index (χ0v) is 12.8. The third-order valence-electron chi connectivity index (χ3n) is 2.94. The highest BCUT2D eigenvalue weighted by Gasteiger charge is 2.14. The third-order valence-corrected chi connectivity index (χ3v) is 3.99. The lowest BCUT2D eigenvalue weighted by Crippen LogP contribution is -2.02. The molecule has 0 aliphatic rings. The predicted octanol–water partition coefficient (Wildman–Crippen LogP) is 4.76. The Morgan fingerprint density at radius 1 is 1.28 bits per heavy atom. The molecule has 3 nitrogen and oxygen atoms in total. The number of furan rings is 1. The number of halogens is 2. The first-order chi connectivity index (χ1) is 8.65. The van der Waals surface area contributed by atoms with Crippen molar-refractivity contribution in [1.29, 1.82) is 0 Å². The molecule has 5 heteroatoms. The van der Waals surface area contributed by atoms with Crippen LogP contribution in [-0.2, 0) is 0 Å². The van der Waals surface area contributed by atoms with E-state index >= 15 is 0 Å². The van der Waals surface area contributed by atoms with Crippen molar-refractivity contribution in [2.75, 3.05) is 0 Å². The molecule has 3 rings (SSSR count). The number of hydrogen-bond acceptors (Lipinski definition) is 2. The second kappa shape index (κ2) is 4.55. The summed E-state index contributed by atoms with van der Waals surface area (Å²) in [6.07, 6.45) is 5.50. The first kappa shape index (κ1) is 12.0. The van der Waals surface area contributed by atoms with E-state index in [1.807, 2.05) is 22.9 Å². The zero-order chi connectivity index (χ0) is 12.7. The smallest absolute Gasteiger partial charge is 0.148 e. The second-order valence-electron chi connectivity index (χ2n) is 4.14. The van der Waals surface area contributed by atoms with Gasteiger partial charge in [-0.05, 0) is 41.1 Å². The summed E-state index contributed by atoms with van der Waals surface area (Å²) >= 11 is 7.00. The van der Waals surface area contributed by atoms with Crippen LogP contribution in [-0.4, -0.2) is 9.55 Å². The molecule has 0 bridgehead atoms. The molecule has 3 aromatic rings. The van der Waals surface area contributed by atoms with E-state index in [1.54, 1.807) is 12.5 Å². The number of rotatable bonds is 2. The first-order valence-corrected chi connectivity index (χ1v) is 7.09. The lowest BCUT2D eigenvalue weighted by Gasteiger charge is -2.08. The summed E-state index contributed by atoms with van der Waals surface area (Å²) in [5.41, 5.74) is 0.875. The zero-order valence-electron chi connectivity index (χ0n) is 9.60. The van der Waals surface area contributed by atoms with Crippen molar-refractivity contribution in [3.05, 3.63) is 51.6 Å². The van der Waals surface area contributed by atoms with Crippen LogP contribution in [0.25, 0.3) is 11.0 Å². The highest BCUT2D eigenvalue weighted by Crippen LogP contribution is 2.33. The Kier molecular flexibility index (Phi) is 3.03. The Bertz CT molecular complexity index is 688. The summed E-state index contributed by atoms with van der Waals surface area (Å²) in [6.45, 7) is 2.09. The van der Waals surface area contributed by atoms with Gasteiger partial charge >= 0.3 is 0 Å². The molecular weight excluding hydrogens is 360 g/mol. The average molecular weight is 370 g/mol. The van der Waals surface area contributed by atoms with Crippen molar-refractivity contribution in [2.45, 2.75) is 13.0 Å². The fourth-order valence-electron chi connectivity index (χ4n) is 1.95. The van der Waals surface area contributed by atoms with Crippen molar-refractivity contribution in [1.82, 2.24) is 9.55 Å². The van der Waals surface area contributed by atoms with Crippen LogP contribution in [0.15, 0.2) is 50.3 Å². The molecule has 0 N–H and O–H groups in total.